The van der Waals surface area contributed by atoms with Crippen molar-refractivity contribution in [2.75, 3.05) is 6.54 Å². The number of alkyl halides is 3. The first kappa shape index (κ1) is 18.7. The first-order chi connectivity index (χ1) is 13.4. The molecule has 0 spiro atoms. The Labute approximate surface area is 161 Å². The molecule has 6 heteroatoms. The zero-order chi connectivity index (χ0) is 19.7. The smallest absolute Gasteiger partial charge is 0.350 e. The SMILES string of the molecule is Fc1cccc(C2c3cccn3CCCN2Cc2cccc(C(F)(F)F)c2)c1. The zero-order valence-corrected chi connectivity index (χ0v) is 15.2. The van der Waals surface area contributed by atoms with Crippen LogP contribution in [0.1, 0.15) is 34.8 Å². The molecule has 146 valence electrons. The Hall–Kier alpha value is -2.60. The molecule has 0 bridgehead atoms. The minimum Gasteiger partial charge on any atom is -0.350 e. The van der Waals surface area contributed by atoms with Crippen LogP contribution >= 0.6 is 0 Å². The third-order valence-electron chi connectivity index (χ3n) is 5.16. The maximum absolute atomic E-state index is 13.9. The van der Waals surface area contributed by atoms with Gasteiger partial charge in [0.1, 0.15) is 5.82 Å². The number of nitrogens with zero attached hydrogens (tertiary/aromatic N) is 2. The fourth-order valence-electron chi connectivity index (χ4n) is 3.95. The van der Waals surface area contributed by atoms with Gasteiger partial charge in [-0.15, -0.1) is 0 Å². The molecule has 1 atom stereocenters. The lowest BCUT2D eigenvalue weighted by Gasteiger charge is -2.31. The van der Waals surface area contributed by atoms with Crippen LogP contribution in [0.5, 0.6) is 0 Å². The lowest BCUT2D eigenvalue weighted by atomic mass is 10.0. The first-order valence-electron chi connectivity index (χ1n) is 9.22. The number of aryl methyl sites for hydroxylation is 1. The molecule has 0 aliphatic carbocycles. The Morgan fingerprint density at radius 2 is 1.75 bits per heavy atom. The molecular formula is C22H20F4N2. The molecule has 0 fully saturated rings. The number of aromatic nitrogens is 1. The standard InChI is InChI=1S/C22H20F4N2/c23-19-8-2-6-17(14-19)21-20-9-3-10-27(20)11-4-12-28(21)15-16-5-1-7-18(13-16)22(24,25)26/h1-3,5-10,13-14,21H,4,11-12,15H2. The summed E-state index contributed by atoms with van der Waals surface area (Å²) in [5.41, 5.74) is 1.77. The van der Waals surface area contributed by atoms with Crippen molar-refractivity contribution in [1.29, 1.82) is 0 Å². The highest BCUT2D eigenvalue weighted by atomic mass is 19.4. The molecular weight excluding hydrogens is 368 g/mol. The van der Waals surface area contributed by atoms with Crippen LogP contribution in [-0.2, 0) is 19.3 Å². The van der Waals surface area contributed by atoms with Gasteiger partial charge in [0.2, 0.25) is 0 Å². The Balaban J connectivity index is 1.72. The third-order valence-corrected chi connectivity index (χ3v) is 5.16. The van der Waals surface area contributed by atoms with Gasteiger partial charge in [-0.25, -0.2) is 4.39 Å². The maximum Gasteiger partial charge on any atom is 0.416 e. The highest BCUT2D eigenvalue weighted by Crippen LogP contribution is 2.34. The molecule has 0 saturated carbocycles. The molecule has 3 aromatic rings. The molecule has 1 aliphatic heterocycles. The van der Waals surface area contributed by atoms with Gasteiger partial charge in [0.25, 0.3) is 0 Å². The van der Waals surface area contributed by atoms with E-state index < -0.39 is 11.7 Å². The molecule has 1 aliphatic rings. The molecule has 2 aromatic carbocycles. The van der Waals surface area contributed by atoms with Crippen molar-refractivity contribution in [3.8, 4) is 0 Å². The van der Waals surface area contributed by atoms with Crippen LogP contribution < -0.4 is 0 Å². The van der Waals surface area contributed by atoms with Gasteiger partial charge < -0.3 is 4.57 Å². The summed E-state index contributed by atoms with van der Waals surface area (Å²) in [5, 5.41) is 0. The van der Waals surface area contributed by atoms with Crippen molar-refractivity contribution < 1.29 is 17.6 Å². The molecule has 0 N–H and O–H groups in total. The van der Waals surface area contributed by atoms with E-state index in [-0.39, 0.29) is 11.9 Å². The lowest BCUT2D eigenvalue weighted by Crippen LogP contribution is -2.29. The summed E-state index contributed by atoms with van der Waals surface area (Å²) < 4.78 is 55.3. The number of halogens is 4. The summed E-state index contributed by atoms with van der Waals surface area (Å²) in [6.45, 7) is 1.89. The monoisotopic (exact) mass is 388 g/mol. The van der Waals surface area contributed by atoms with Crippen molar-refractivity contribution in [2.24, 2.45) is 0 Å². The predicted octanol–water partition coefficient (Wildman–Crippen LogP) is 5.64. The summed E-state index contributed by atoms with van der Waals surface area (Å²) in [5.74, 6) is -0.320. The number of fused-ring (bicyclic) bond motifs is 1. The number of rotatable bonds is 3. The minimum atomic E-state index is -4.37. The number of hydrogen-bond acceptors (Lipinski definition) is 1. The van der Waals surface area contributed by atoms with Crippen LogP contribution in [-0.4, -0.2) is 16.0 Å². The molecule has 1 aromatic heterocycles. The Kier molecular flexibility index (Phi) is 4.98. The molecule has 2 nitrogen and oxygen atoms in total. The van der Waals surface area contributed by atoms with E-state index >= 15 is 0 Å². The van der Waals surface area contributed by atoms with E-state index in [4.69, 9.17) is 0 Å². The molecule has 1 unspecified atom stereocenters. The second-order valence-corrected chi connectivity index (χ2v) is 7.11. The van der Waals surface area contributed by atoms with E-state index in [0.717, 1.165) is 30.3 Å². The van der Waals surface area contributed by atoms with Gasteiger partial charge in [0, 0.05) is 31.5 Å². The average Bonchev–Trinajstić information content (AvgIpc) is 3.03. The second-order valence-electron chi connectivity index (χ2n) is 7.11. The molecule has 28 heavy (non-hydrogen) atoms. The van der Waals surface area contributed by atoms with Crippen molar-refractivity contribution in [2.45, 2.75) is 31.7 Å². The Morgan fingerprint density at radius 1 is 0.929 bits per heavy atom. The van der Waals surface area contributed by atoms with Gasteiger partial charge in [0.05, 0.1) is 11.6 Å². The van der Waals surface area contributed by atoms with Gasteiger partial charge in [-0.3, -0.25) is 4.90 Å². The van der Waals surface area contributed by atoms with Crippen LogP contribution in [0.15, 0.2) is 66.9 Å². The van der Waals surface area contributed by atoms with E-state index in [2.05, 4.69) is 9.47 Å². The van der Waals surface area contributed by atoms with Gasteiger partial charge in [0.15, 0.2) is 0 Å². The van der Waals surface area contributed by atoms with Crippen LogP contribution in [0, 0.1) is 5.82 Å². The summed E-state index contributed by atoms with van der Waals surface area (Å²) in [6, 6.07) is 15.6. The minimum absolute atomic E-state index is 0.220. The summed E-state index contributed by atoms with van der Waals surface area (Å²) in [7, 11) is 0. The molecule has 2 heterocycles. The molecule has 4 rings (SSSR count). The quantitative estimate of drug-likeness (QED) is 0.527. The van der Waals surface area contributed by atoms with Crippen molar-refractivity contribution in [3.63, 3.8) is 0 Å². The van der Waals surface area contributed by atoms with Crippen LogP contribution in [0.4, 0.5) is 17.6 Å². The van der Waals surface area contributed by atoms with Gasteiger partial charge in [-0.2, -0.15) is 13.2 Å². The van der Waals surface area contributed by atoms with Crippen LogP contribution in [0.2, 0.25) is 0 Å². The van der Waals surface area contributed by atoms with Crippen molar-refractivity contribution in [1.82, 2.24) is 9.47 Å². The van der Waals surface area contributed by atoms with E-state index in [1.807, 2.05) is 24.4 Å². The summed E-state index contributed by atoms with van der Waals surface area (Å²) in [6.07, 6.45) is -1.51. The molecule has 0 amide bonds. The van der Waals surface area contributed by atoms with E-state index in [0.29, 0.717) is 18.7 Å². The average molecular weight is 388 g/mol. The Morgan fingerprint density at radius 3 is 2.54 bits per heavy atom. The van der Waals surface area contributed by atoms with Crippen molar-refractivity contribution in [3.05, 3.63) is 95.1 Å². The Bertz CT molecular complexity index is 961. The predicted molar refractivity (Wildman–Crippen MR) is 99.1 cm³/mol. The van der Waals surface area contributed by atoms with Gasteiger partial charge in [-0.1, -0.05) is 30.3 Å². The topological polar surface area (TPSA) is 8.17 Å². The summed E-state index contributed by atoms with van der Waals surface area (Å²) in [4.78, 5) is 2.13. The van der Waals surface area contributed by atoms with E-state index in [1.165, 1.54) is 24.3 Å². The summed E-state index contributed by atoms with van der Waals surface area (Å²) >= 11 is 0. The van der Waals surface area contributed by atoms with E-state index in [1.54, 1.807) is 12.1 Å². The van der Waals surface area contributed by atoms with Crippen LogP contribution in [0.25, 0.3) is 0 Å². The van der Waals surface area contributed by atoms with Crippen molar-refractivity contribution >= 4 is 0 Å². The first-order valence-corrected chi connectivity index (χ1v) is 9.22. The highest BCUT2D eigenvalue weighted by molar-refractivity contribution is 5.31. The normalized spacial score (nSPS) is 17.9. The second kappa shape index (κ2) is 7.43. The third kappa shape index (κ3) is 3.83. The fraction of sp³-hybridized carbons (Fsp3) is 0.273. The highest BCUT2D eigenvalue weighted by Gasteiger charge is 2.31. The number of benzene rings is 2. The van der Waals surface area contributed by atoms with Gasteiger partial charge in [-0.05, 0) is 47.9 Å². The number of hydrogen-bond donors (Lipinski definition) is 0. The zero-order valence-electron chi connectivity index (χ0n) is 15.2. The molecule has 0 radical (unpaired) electrons. The van der Waals surface area contributed by atoms with Gasteiger partial charge >= 0.3 is 6.18 Å². The largest absolute Gasteiger partial charge is 0.416 e. The fourth-order valence-corrected chi connectivity index (χ4v) is 3.95. The lowest BCUT2D eigenvalue weighted by molar-refractivity contribution is -0.137. The molecule has 0 saturated heterocycles. The maximum atomic E-state index is 13.9. The van der Waals surface area contributed by atoms with E-state index in [9.17, 15) is 17.6 Å². The van der Waals surface area contributed by atoms with Crippen LogP contribution in [0.3, 0.4) is 0 Å².